The van der Waals surface area contributed by atoms with E-state index in [4.69, 9.17) is 0 Å². The second-order valence-corrected chi connectivity index (χ2v) is 2.60. The van der Waals surface area contributed by atoms with E-state index >= 15 is 0 Å². The first-order valence-electron chi connectivity index (χ1n) is 3.66. The Balaban J connectivity index is 3.08. The lowest BCUT2D eigenvalue weighted by Gasteiger charge is -1.97. The van der Waals surface area contributed by atoms with Gasteiger partial charge in [-0.15, -0.1) is 0 Å². The van der Waals surface area contributed by atoms with Crippen LogP contribution in [0, 0.1) is 6.92 Å². The van der Waals surface area contributed by atoms with Gasteiger partial charge >= 0.3 is 0 Å². The SMILES string of the molecule is CC=Cc1cc(C)cc(O)c1. The van der Waals surface area contributed by atoms with Crippen molar-refractivity contribution in [2.75, 3.05) is 0 Å². The molecule has 0 amide bonds. The van der Waals surface area contributed by atoms with E-state index < -0.39 is 0 Å². The fourth-order valence-corrected chi connectivity index (χ4v) is 1.08. The molecule has 0 bridgehead atoms. The van der Waals surface area contributed by atoms with Gasteiger partial charge in [-0.05, 0) is 37.1 Å². The molecule has 1 aromatic rings. The lowest BCUT2D eigenvalue weighted by Crippen LogP contribution is -1.75. The van der Waals surface area contributed by atoms with Gasteiger partial charge in [0.1, 0.15) is 5.75 Å². The van der Waals surface area contributed by atoms with Gasteiger partial charge in [0.2, 0.25) is 0 Å². The number of aromatic hydroxyl groups is 1. The Hall–Kier alpha value is -1.24. The summed E-state index contributed by atoms with van der Waals surface area (Å²) in [6.07, 6.45) is 3.92. The van der Waals surface area contributed by atoms with E-state index in [0.29, 0.717) is 5.75 Å². The molecule has 0 aromatic heterocycles. The van der Waals surface area contributed by atoms with Crippen molar-refractivity contribution >= 4 is 6.08 Å². The molecule has 0 atom stereocenters. The summed E-state index contributed by atoms with van der Waals surface area (Å²) in [4.78, 5) is 0. The smallest absolute Gasteiger partial charge is 0.116 e. The highest BCUT2D eigenvalue weighted by Crippen LogP contribution is 2.15. The molecule has 58 valence electrons. The van der Waals surface area contributed by atoms with Gasteiger partial charge in [0.15, 0.2) is 0 Å². The van der Waals surface area contributed by atoms with Gasteiger partial charge < -0.3 is 5.11 Å². The van der Waals surface area contributed by atoms with Crippen LogP contribution in [0.3, 0.4) is 0 Å². The highest BCUT2D eigenvalue weighted by molar-refractivity contribution is 5.52. The second-order valence-electron chi connectivity index (χ2n) is 2.60. The van der Waals surface area contributed by atoms with Gasteiger partial charge in [0, 0.05) is 0 Å². The molecule has 0 spiro atoms. The first kappa shape index (κ1) is 7.86. The van der Waals surface area contributed by atoms with E-state index in [2.05, 4.69) is 0 Å². The minimum atomic E-state index is 0.332. The maximum Gasteiger partial charge on any atom is 0.116 e. The van der Waals surface area contributed by atoms with Gasteiger partial charge in [-0.1, -0.05) is 18.2 Å². The van der Waals surface area contributed by atoms with Crippen LogP contribution < -0.4 is 0 Å². The molecule has 0 fully saturated rings. The summed E-state index contributed by atoms with van der Waals surface area (Å²) in [7, 11) is 0. The summed E-state index contributed by atoms with van der Waals surface area (Å²) in [5, 5.41) is 9.19. The zero-order chi connectivity index (χ0) is 8.27. The van der Waals surface area contributed by atoms with Crippen molar-refractivity contribution in [2.24, 2.45) is 0 Å². The van der Waals surface area contributed by atoms with E-state index in [-0.39, 0.29) is 0 Å². The Labute approximate surface area is 67.0 Å². The first-order chi connectivity index (χ1) is 5.22. The standard InChI is InChI=1S/C10H12O/c1-3-4-9-5-8(2)6-10(11)7-9/h3-7,11H,1-2H3. The van der Waals surface area contributed by atoms with Crippen molar-refractivity contribution in [1.29, 1.82) is 0 Å². The topological polar surface area (TPSA) is 20.2 Å². The number of aryl methyl sites for hydroxylation is 1. The first-order valence-corrected chi connectivity index (χ1v) is 3.66. The molecular formula is C10H12O. The minimum absolute atomic E-state index is 0.332. The van der Waals surface area contributed by atoms with E-state index in [1.54, 1.807) is 12.1 Å². The molecule has 11 heavy (non-hydrogen) atoms. The lowest BCUT2D eigenvalue weighted by molar-refractivity contribution is 0.475. The molecule has 1 N–H and O–H groups in total. The maximum absolute atomic E-state index is 9.19. The average Bonchev–Trinajstić information content (AvgIpc) is 1.85. The normalized spacial score (nSPS) is 10.7. The largest absolute Gasteiger partial charge is 0.508 e. The molecule has 0 saturated carbocycles. The van der Waals surface area contributed by atoms with E-state index in [1.165, 1.54) is 0 Å². The highest BCUT2D eigenvalue weighted by Gasteiger charge is 1.92. The van der Waals surface area contributed by atoms with Crippen LogP contribution in [0.1, 0.15) is 18.1 Å². The predicted octanol–water partition coefficient (Wildman–Crippen LogP) is 2.73. The number of rotatable bonds is 1. The minimum Gasteiger partial charge on any atom is -0.508 e. The van der Waals surface area contributed by atoms with Crippen LogP contribution in [-0.4, -0.2) is 5.11 Å². The van der Waals surface area contributed by atoms with Crippen LogP contribution in [0.4, 0.5) is 0 Å². The third kappa shape index (κ3) is 2.11. The number of phenols is 1. The Kier molecular flexibility index (Phi) is 2.32. The van der Waals surface area contributed by atoms with Gasteiger partial charge in [-0.25, -0.2) is 0 Å². The Bertz CT molecular complexity index is 254. The van der Waals surface area contributed by atoms with Gasteiger partial charge in [0.05, 0.1) is 0 Å². The second kappa shape index (κ2) is 3.24. The number of hydrogen-bond acceptors (Lipinski definition) is 1. The summed E-state index contributed by atoms with van der Waals surface area (Å²) >= 11 is 0. The number of hydrogen-bond donors (Lipinski definition) is 1. The Morgan fingerprint density at radius 3 is 2.55 bits per heavy atom. The van der Waals surface area contributed by atoms with Crippen LogP contribution in [0.25, 0.3) is 6.08 Å². The summed E-state index contributed by atoms with van der Waals surface area (Å²) in [6.45, 7) is 3.92. The molecule has 1 nitrogen and oxygen atoms in total. The van der Waals surface area contributed by atoms with E-state index in [1.807, 2.05) is 32.1 Å². The number of allylic oxidation sites excluding steroid dienone is 1. The molecule has 1 heteroatoms. The van der Waals surface area contributed by atoms with Crippen LogP contribution in [-0.2, 0) is 0 Å². The molecule has 0 aliphatic rings. The summed E-state index contributed by atoms with van der Waals surface area (Å²) in [6, 6.07) is 5.51. The molecule has 0 saturated heterocycles. The zero-order valence-electron chi connectivity index (χ0n) is 6.83. The van der Waals surface area contributed by atoms with Crippen LogP contribution in [0.15, 0.2) is 24.3 Å². The lowest BCUT2D eigenvalue weighted by atomic mass is 10.1. The predicted molar refractivity (Wildman–Crippen MR) is 47.6 cm³/mol. The Morgan fingerprint density at radius 2 is 2.00 bits per heavy atom. The fourth-order valence-electron chi connectivity index (χ4n) is 1.08. The summed E-state index contributed by atoms with van der Waals surface area (Å²) < 4.78 is 0. The summed E-state index contributed by atoms with van der Waals surface area (Å²) in [5.74, 6) is 0.332. The Morgan fingerprint density at radius 1 is 1.27 bits per heavy atom. The third-order valence-electron chi connectivity index (χ3n) is 1.44. The van der Waals surface area contributed by atoms with Gasteiger partial charge in [-0.2, -0.15) is 0 Å². The maximum atomic E-state index is 9.19. The van der Waals surface area contributed by atoms with Crippen LogP contribution in [0.2, 0.25) is 0 Å². The number of benzene rings is 1. The summed E-state index contributed by atoms with van der Waals surface area (Å²) in [5.41, 5.74) is 2.13. The zero-order valence-corrected chi connectivity index (χ0v) is 6.83. The fraction of sp³-hybridized carbons (Fsp3) is 0.200. The molecule has 0 aliphatic heterocycles. The average molecular weight is 148 g/mol. The molecular weight excluding hydrogens is 136 g/mol. The van der Waals surface area contributed by atoms with Crippen molar-refractivity contribution in [1.82, 2.24) is 0 Å². The van der Waals surface area contributed by atoms with E-state index in [9.17, 15) is 5.11 Å². The van der Waals surface area contributed by atoms with Gasteiger partial charge in [0.25, 0.3) is 0 Å². The van der Waals surface area contributed by atoms with Crippen molar-refractivity contribution < 1.29 is 5.11 Å². The molecule has 0 unspecified atom stereocenters. The molecule has 1 rings (SSSR count). The quantitative estimate of drug-likeness (QED) is 0.649. The molecule has 0 radical (unpaired) electrons. The monoisotopic (exact) mass is 148 g/mol. The van der Waals surface area contributed by atoms with Crippen LogP contribution >= 0.6 is 0 Å². The van der Waals surface area contributed by atoms with Crippen molar-refractivity contribution in [2.45, 2.75) is 13.8 Å². The van der Waals surface area contributed by atoms with Crippen LogP contribution in [0.5, 0.6) is 5.75 Å². The van der Waals surface area contributed by atoms with Crippen molar-refractivity contribution in [3.05, 3.63) is 35.4 Å². The van der Waals surface area contributed by atoms with Crippen molar-refractivity contribution in [3.63, 3.8) is 0 Å². The number of phenolic OH excluding ortho intramolecular Hbond substituents is 1. The molecule has 0 heterocycles. The third-order valence-corrected chi connectivity index (χ3v) is 1.44. The highest BCUT2D eigenvalue weighted by atomic mass is 16.3. The van der Waals surface area contributed by atoms with Gasteiger partial charge in [-0.3, -0.25) is 0 Å². The van der Waals surface area contributed by atoms with E-state index in [0.717, 1.165) is 11.1 Å². The molecule has 1 aromatic carbocycles. The molecule has 0 aliphatic carbocycles. The van der Waals surface area contributed by atoms with Crippen molar-refractivity contribution in [3.8, 4) is 5.75 Å².